The summed E-state index contributed by atoms with van der Waals surface area (Å²) in [5, 5.41) is 19.2. The van der Waals surface area contributed by atoms with Crippen molar-refractivity contribution in [1.82, 2.24) is 18.3 Å². The van der Waals surface area contributed by atoms with E-state index in [1.165, 1.54) is 6.07 Å². The molecule has 15 rings (SSSR count). The third-order valence-electron chi connectivity index (χ3n) is 15.6. The minimum Gasteiger partial charge on any atom is -0.310 e. The molecule has 0 unspecified atom stereocenters. The molecular formula is C69H39F3N6. The van der Waals surface area contributed by atoms with Gasteiger partial charge in [-0.2, -0.15) is 18.4 Å². The van der Waals surface area contributed by atoms with E-state index >= 15 is 0 Å². The maximum Gasteiger partial charge on any atom is 0.416 e. The van der Waals surface area contributed by atoms with Crippen LogP contribution in [0.25, 0.3) is 137 Å². The van der Waals surface area contributed by atoms with E-state index in [1.54, 1.807) is 6.07 Å². The summed E-state index contributed by atoms with van der Waals surface area (Å²) in [6.07, 6.45) is -4.69. The number of hydrogen-bond acceptors (Lipinski definition) is 1. The second-order valence-corrected chi connectivity index (χ2v) is 19.7. The van der Waals surface area contributed by atoms with Crippen LogP contribution in [0.3, 0.4) is 0 Å². The molecule has 0 N–H and O–H groups in total. The van der Waals surface area contributed by atoms with Crippen LogP contribution in [0.4, 0.5) is 18.9 Å². The van der Waals surface area contributed by atoms with E-state index in [0.29, 0.717) is 39.3 Å². The number of benzene rings is 11. The molecule has 9 heteroatoms. The lowest BCUT2D eigenvalue weighted by molar-refractivity contribution is -0.137. The number of rotatable bonds is 6. The summed E-state index contributed by atoms with van der Waals surface area (Å²) >= 11 is 0. The maximum atomic E-state index is 14.5. The Morgan fingerprint density at radius 2 is 0.769 bits per heavy atom. The summed E-state index contributed by atoms with van der Waals surface area (Å²) in [7, 11) is 0. The van der Waals surface area contributed by atoms with Crippen LogP contribution in [0, 0.1) is 17.9 Å². The lowest BCUT2D eigenvalue weighted by Gasteiger charge is -2.23. The van der Waals surface area contributed by atoms with Gasteiger partial charge in [-0.25, -0.2) is 4.85 Å². The lowest BCUT2D eigenvalue weighted by Crippen LogP contribution is -2.06. The Hall–Kier alpha value is -10.6. The molecule has 6 nitrogen and oxygen atoms in total. The quantitative estimate of drug-likeness (QED) is 0.153. The van der Waals surface area contributed by atoms with Crippen LogP contribution >= 0.6 is 0 Å². The molecule has 4 heterocycles. The van der Waals surface area contributed by atoms with Gasteiger partial charge in [-0.15, -0.1) is 0 Å². The second-order valence-electron chi connectivity index (χ2n) is 19.7. The molecule has 0 radical (unpaired) electrons. The number of alkyl halides is 3. The van der Waals surface area contributed by atoms with Crippen LogP contribution in [0.15, 0.2) is 237 Å². The van der Waals surface area contributed by atoms with E-state index in [-0.39, 0.29) is 5.56 Å². The van der Waals surface area contributed by atoms with Crippen LogP contribution in [0.5, 0.6) is 0 Å². The first-order valence-electron chi connectivity index (χ1n) is 25.6. The second kappa shape index (κ2) is 17.0. The van der Waals surface area contributed by atoms with Crippen LogP contribution in [0.2, 0.25) is 0 Å². The van der Waals surface area contributed by atoms with Crippen molar-refractivity contribution in [2.75, 3.05) is 0 Å². The Balaban J connectivity index is 1.10. The highest BCUT2D eigenvalue weighted by molar-refractivity contribution is 6.22. The van der Waals surface area contributed by atoms with Crippen molar-refractivity contribution in [3.05, 3.63) is 259 Å². The molecule has 0 bridgehead atoms. The van der Waals surface area contributed by atoms with Crippen molar-refractivity contribution < 1.29 is 13.2 Å². The Labute approximate surface area is 443 Å². The first kappa shape index (κ1) is 44.8. The van der Waals surface area contributed by atoms with Gasteiger partial charge in [0, 0.05) is 76.8 Å². The first-order chi connectivity index (χ1) is 38.3. The zero-order chi connectivity index (χ0) is 52.4. The number of halogens is 3. The monoisotopic (exact) mass is 1010 g/mol. The van der Waals surface area contributed by atoms with E-state index in [0.717, 1.165) is 111 Å². The van der Waals surface area contributed by atoms with Gasteiger partial charge in [0.2, 0.25) is 0 Å². The van der Waals surface area contributed by atoms with Crippen molar-refractivity contribution in [2.45, 2.75) is 6.18 Å². The highest BCUT2D eigenvalue weighted by atomic mass is 19.4. The highest BCUT2D eigenvalue weighted by Crippen LogP contribution is 2.50. The average molecular weight is 1010 g/mol. The van der Waals surface area contributed by atoms with Crippen LogP contribution < -0.4 is 0 Å². The minimum absolute atomic E-state index is 0.144. The molecule has 11 aromatic carbocycles. The van der Waals surface area contributed by atoms with Crippen molar-refractivity contribution in [3.8, 4) is 51.1 Å². The van der Waals surface area contributed by atoms with Gasteiger partial charge >= 0.3 is 6.18 Å². The standard InChI is InChI=1S/C69H39F3N6/c1-74-56-27-17-33-62(78-60-31-15-11-25-50(60)55-38-53-48-23-9-13-29-58(48)76(64(53)40-66(55)78)45-20-6-3-7-21-45)68(56)67-51(46-35-34-43(69(70,71)72)36-42(46)41-73)26-16-32-61(67)77-59-30-14-10-24-49(59)54-37-52-47-22-8-12-28-57(47)75(63(52)39-65(54)77)44-18-4-2-5-19-44/h2-40H. The van der Waals surface area contributed by atoms with Gasteiger partial charge in [0.15, 0.2) is 5.69 Å². The molecule has 366 valence electrons. The third kappa shape index (κ3) is 6.49. The van der Waals surface area contributed by atoms with E-state index in [2.05, 4.69) is 151 Å². The van der Waals surface area contributed by atoms with Gasteiger partial charge in [0.25, 0.3) is 0 Å². The summed E-state index contributed by atoms with van der Waals surface area (Å²) in [5.41, 5.74) is 12.2. The van der Waals surface area contributed by atoms with E-state index < -0.39 is 11.7 Å². The van der Waals surface area contributed by atoms with Gasteiger partial charge < -0.3 is 18.3 Å². The fraction of sp³-hybridized carbons (Fsp3) is 0.0145. The molecule has 0 saturated heterocycles. The molecule has 0 amide bonds. The van der Waals surface area contributed by atoms with Crippen LogP contribution in [-0.4, -0.2) is 18.3 Å². The summed E-state index contributed by atoms with van der Waals surface area (Å²) in [6.45, 7) is 9.01. The summed E-state index contributed by atoms with van der Waals surface area (Å²) in [5.74, 6) is 0. The third-order valence-corrected chi connectivity index (χ3v) is 15.6. The SMILES string of the molecule is [C-]#[N+]c1cccc(-n2c3ccccc3c3cc4c5ccccc5n(-c5ccccc5)c4cc32)c1-c1c(-c2ccc(C(F)(F)F)cc2C#N)cccc1-n1c2ccccc2c2cc3c4ccccc4n(-c4ccccc4)c3cc21. The lowest BCUT2D eigenvalue weighted by atomic mass is 9.88. The summed E-state index contributed by atoms with van der Waals surface area (Å²) in [4.78, 5) is 4.30. The molecule has 0 atom stereocenters. The molecule has 78 heavy (non-hydrogen) atoms. The highest BCUT2D eigenvalue weighted by Gasteiger charge is 2.33. The molecule has 0 saturated carbocycles. The predicted octanol–water partition coefficient (Wildman–Crippen LogP) is 18.9. The molecular weight excluding hydrogens is 970 g/mol. The zero-order valence-electron chi connectivity index (χ0n) is 41.3. The number of hydrogen-bond donors (Lipinski definition) is 0. The van der Waals surface area contributed by atoms with Gasteiger partial charge in [0.1, 0.15) is 0 Å². The molecule has 0 aliphatic rings. The van der Waals surface area contributed by atoms with Gasteiger partial charge in [-0.3, -0.25) is 0 Å². The molecule has 0 fully saturated rings. The Morgan fingerprint density at radius 3 is 1.22 bits per heavy atom. The number of nitriles is 1. The number of para-hydroxylation sites is 6. The van der Waals surface area contributed by atoms with E-state index in [4.69, 9.17) is 6.57 Å². The fourth-order valence-electron chi connectivity index (χ4n) is 12.4. The smallest absolute Gasteiger partial charge is 0.310 e. The molecule has 0 aliphatic heterocycles. The Morgan fingerprint density at radius 1 is 0.359 bits per heavy atom. The minimum atomic E-state index is -4.69. The first-order valence-corrected chi connectivity index (χ1v) is 25.6. The van der Waals surface area contributed by atoms with E-state index in [9.17, 15) is 18.4 Å². The van der Waals surface area contributed by atoms with Gasteiger partial charge in [-0.1, -0.05) is 140 Å². The number of fused-ring (bicyclic) bond motifs is 12. The Kier molecular flexibility index (Phi) is 9.75. The number of aromatic nitrogens is 4. The van der Waals surface area contributed by atoms with E-state index in [1.807, 2.05) is 91.0 Å². The average Bonchev–Trinajstić information content (AvgIpc) is 4.38. The summed E-state index contributed by atoms with van der Waals surface area (Å²) < 4.78 is 52.6. The van der Waals surface area contributed by atoms with Crippen LogP contribution in [0.1, 0.15) is 11.1 Å². The van der Waals surface area contributed by atoms with Crippen molar-refractivity contribution in [3.63, 3.8) is 0 Å². The normalized spacial score (nSPS) is 12.0. The largest absolute Gasteiger partial charge is 0.416 e. The van der Waals surface area contributed by atoms with Crippen LogP contribution in [-0.2, 0) is 6.18 Å². The zero-order valence-corrected chi connectivity index (χ0v) is 41.3. The van der Waals surface area contributed by atoms with Crippen molar-refractivity contribution in [1.29, 1.82) is 5.26 Å². The fourth-order valence-corrected chi connectivity index (χ4v) is 12.4. The molecule has 0 spiro atoms. The summed E-state index contributed by atoms with van der Waals surface area (Å²) in [6, 6.07) is 80.0. The molecule has 0 aliphatic carbocycles. The van der Waals surface area contributed by atoms with Gasteiger partial charge in [0.05, 0.1) is 73.6 Å². The van der Waals surface area contributed by atoms with Crippen molar-refractivity contribution >= 4 is 92.9 Å². The number of nitrogens with zero attached hydrogens (tertiary/aromatic N) is 6. The molecule has 15 aromatic rings. The maximum absolute atomic E-state index is 14.5. The molecule has 4 aromatic heterocycles. The van der Waals surface area contributed by atoms with Gasteiger partial charge in [-0.05, 0) is 103 Å². The predicted molar refractivity (Wildman–Crippen MR) is 311 cm³/mol. The topological polar surface area (TPSA) is 47.9 Å². The Bertz CT molecular complexity index is 5100. The van der Waals surface area contributed by atoms with Crippen molar-refractivity contribution in [2.24, 2.45) is 0 Å².